The second-order valence-electron chi connectivity index (χ2n) is 15.4. The first-order valence-electron chi connectivity index (χ1n) is 17.7. The van der Waals surface area contributed by atoms with Crippen LogP contribution in [0.4, 0.5) is 13.8 Å². The summed E-state index contributed by atoms with van der Waals surface area (Å²) >= 11 is 7.79. The highest BCUT2D eigenvalue weighted by Crippen LogP contribution is 2.48. The third kappa shape index (κ3) is 5.75. The first-order chi connectivity index (χ1) is 24.5. The lowest BCUT2D eigenvalue weighted by Gasteiger charge is -2.39. The van der Waals surface area contributed by atoms with Crippen LogP contribution in [0.15, 0.2) is 18.2 Å². The molecule has 5 atom stereocenters. The number of hydrogen-bond acceptors (Lipinski definition) is 10. The van der Waals surface area contributed by atoms with Crippen LogP contribution in [-0.2, 0) is 4.79 Å². The molecule has 3 N–H and O–H groups in total. The van der Waals surface area contributed by atoms with E-state index in [1.165, 1.54) is 25.0 Å². The fourth-order valence-electron chi connectivity index (χ4n) is 8.61. The van der Waals surface area contributed by atoms with Gasteiger partial charge in [0.25, 0.3) is 0 Å². The molecule has 0 spiro atoms. The molecule has 2 aromatic heterocycles. The number of nitrogen functional groups attached to an aromatic ring is 1. The van der Waals surface area contributed by atoms with E-state index in [9.17, 15) is 14.4 Å². The number of rotatable bonds is 10. The van der Waals surface area contributed by atoms with E-state index >= 15 is 4.39 Å². The Labute approximate surface area is 302 Å². The number of thiophene rings is 1. The van der Waals surface area contributed by atoms with Crippen LogP contribution < -0.4 is 20.5 Å². The Hall–Kier alpha value is -3.83. The van der Waals surface area contributed by atoms with Crippen molar-refractivity contribution in [2.75, 3.05) is 33.0 Å². The van der Waals surface area contributed by atoms with Crippen LogP contribution in [-0.4, -0.2) is 83.2 Å². The fourth-order valence-corrected chi connectivity index (χ4v) is 9.86. The average molecular weight is 734 g/mol. The van der Waals surface area contributed by atoms with E-state index in [0.717, 1.165) is 43.6 Å². The van der Waals surface area contributed by atoms with Crippen molar-refractivity contribution >= 4 is 54.8 Å². The van der Waals surface area contributed by atoms with Crippen LogP contribution in [0.25, 0.3) is 32.1 Å². The SMILES string of the molecule is CN(C)CC1(COc2nc(O[C@H]3C[C@H]4CC[C@@H](C3)N4C(=O)[C@H]3N[C@H]3C3CC3)c3cc(Cl)c(-c4ccc(F)c5sc(N)c(C#N)c45)c(F)c3n2)CC1. The number of nitrogens with zero attached hydrogens (tertiary/aromatic N) is 5. The summed E-state index contributed by atoms with van der Waals surface area (Å²) in [7, 11) is 4.03. The highest BCUT2D eigenvalue weighted by molar-refractivity contribution is 7.23. The molecule has 9 rings (SSSR count). The maximum absolute atomic E-state index is 17.0. The summed E-state index contributed by atoms with van der Waals surface area (Å²) in [6.07, 6.45) is 7.23. The number of amides is 1. The van der Waals surface area contributed by atoms with Gasteiger partial charge in [0.15, 0.2) is 5.82 Å². The molecule has 3 aliphatic heterocycles. The minimum absolute atomic E-state index is 0.0158. The van der Waals surface area contributed by atoms with Crippen molar-refractivity contribution in [2.45, 2.75) is 81.6 Å². The Bertz CT molecular complexity index is 2130. The topological polar surface area (TPSA) is 140 Å². The van der Waals surface area contributed by atoms with E-state index in [1.54, 1.807) is 6.07 Å². The van der Waals surface area contributed by atoms with Gasteiger partial charge in [-0.05, 0) is 76.2 Å². The molecule has 2 bridgehead atoms. The number of benzene rings is 2. The maximum Gasteiger partial charge on any atom is 0.320 e. The standard InChI is InChI=1S/C37H38ClF2N7O3S/c1-46(2)15-37(9-10-37)16-49-36-44-30-22(13-24(38)27(28(30)40)21-7-8-25(39)32-26(21)23(14-41)33(42)51-32)34(45-36)50-20-11-18-5-6-19(12-20)47(18)35(48)31-29(43-31)17-3-4-17/h7-8,13,17-20,29,31,43H,3-6,9-12,15-16,42H2,1-2H3/t18-,19+,20+,29-,31-/m0/s1. The van der Waals surface area contributed by atoms with Crippen LogP contribution in [0.5, 0.6) is 11.9 Å². The molecule has 2 aromatic carbocycles. The van der Waals surface area contributed by atoms with Gasteiger partial charge in [0, 0.05) is 53.9 Å². The number of nitrogens with two attached hydrogens (primary N) is 1. The van der Waals surface area contributed by atoms with Gasteiger partial charge in [0.1, 0.15) is 34.6 Å². The quantitative estimate of drug-likeness (QED) is 0.181. The minimum atomic E-state index is -0.770. The highest BCUT2D eigenvalue weighted by Gasteiger charge is 2.55. The van der Waals surface area contributed by atoms with E-state index in [4.69, 9.17) is 26.8 Å². The van der Waals surface area contributed by atoms with E-state index < -0.39 is 11.6 Å². The van der Waals surface area contributed by atoms with Crippen LogP contribution in [0, 0.1) is 34.3 Å². The van der Waals surface area contributed by atoms with Gasteiger partial charge in [0.2, 0.25) is 11.8 Å². The van der Waals surface area contributed by atoms with Crippen LogP contribution in [0.1, 0.15) is 56.9 Å². The Morgan fingerprint density at radius 2 is 1.94 bits per heavy atom. The predicted octanol–water partition coefficient (Wildman–Crippen LogP) is 6.27. The zero-order valence-corrected chi connectivity index (χ0v) is 29.9. The number of hydrogen-bond donors (Lipinski definition) is 2. The van der Waals surface area contributed by atoms with Crippen LogP contribution >= 0.6 is 22.9 Å². The largest absolute Gasteiger partial charge is 0.474 e. The first kappa shape index (κ1) is 33.0. The molecular weight excluding hydrogens is 696 g/mol. The van der Waals surface area contributed by atoms with Gasteiger partial charge < -0.3 is 25.0 Å². The lowest BCUT2D eigenvalue weighted by molar-refractivity contribution is -0.136. The highest BCUT2D eigenvalue weighted by atomic mass is 35.5. The number of aromatic nitrogens is 2. The summed E-state index contributed by atoms with van der Waals surface area (Å²) in [6, 6.07) is 6.59. The normalized spacial score (nSPS) is 26.1. The molecule has 1 amide bonds. The fraction of sp³-hybridized carbons (Fsp3) is 0.514. The lowest BCUT2D eigenvalue weighted by atomic mass is 9.97. The van der Waals surface area contributed by atoms with Crippen LogP contribution in [0.2, 0.25) is 5.02 Å². The Balaban J connectivity index is 1.08. The van der Waals surface area contributed by atoms with Gasteiger partial charge in [0.05, 0.1) is 27.3 Å². The number of anilines is 1. The first-order valence-corrected chi connectivity index (χ1v) is 18.9. The molecule has 5 aliphatic rings. The van der Waals surface area contributed by atoms with Crippen molar-refractivity contribution in [2.24, 2.45) is 11.3 Å². The summed E-state index contributed by atoms with van der Waals surface area (Å²) in [5.74, 6) is -0.341. The summed E-state index contributed by atoms with van der Waals surface area (Å²) in [5.41, 5.74) is 6.25. The van der Waals surface area contributed by atoms with Gasteiger partial charge in [-0.2, -0.15) is 15.2 Å². The molecule has 5 heterocycles. The zero-order chi connectivity index (χ0) is 35.3. The summed E-state index contributed by atoms with van der Waals surface area (Å²) in [5, 5.41) is 13.9. The maximum atomic E-state index is 17.0. The van der Waals surface area contributed by atoms with Gasteiger partial charge in [-0.15, -0.1) is 11.3 Å². The van der Waals surface area contributed by atoms with Crippen molar-refractivity contribution < 1.29 is 23.0 Å². The van der Waals surface area contributed by atoms with E-state index in [2.05, 4.69) is 25.1 Å². The monoisotopic (exact) mass is 733 g/mol. The van der Waals surface area contributed by atoms with Crippen molar-refractivity contribution in [3.05, 3.63) is 40.4 Å². The molecule has 10 nitrogen and oxygen atoms in total. The van der Waals surface area contributed by atoms with E-state index in [0.29, 0.717) is 31.4 Å². The van der Waals surface area contributed by atoms with Gasteiger partial charge in [-0.25, -0.2) is 8.78 Å². The second-order valence-corrected chi connectivity index (χ2v) is 16.8. The molecule has 2 saturated carbocycles. The van der Waals surface area contributed by atoms with E-state index in [1.807, 2.05) is 20.2 Å². The molecule has 5 fully saturated rings. The molecule has 266 valence electrons. The van der Waals surface area contributed by atoms with Crippen LogP contribution in [0.3, 0.4) is 0 Å². The van der Waals surface area contributed by atoms with Gasteiger partial charge in [-0.3, -0.25) is 10.1 Å². The molecule has 0 unspecified atom stereocenters. The summed E-state index contributed by atoms with van der Waals surface area (Å²) < 4.78 is 44.9. The average Bonchev–Trinajstić information content (AvgIpc) is 3.99. The Morgan fingerprint density at radius 3 is 2.61 bits per heavy atom. The molecule has 3 saturated heterocycles. The number of fused-ring (bicyclic) bond motifs is 4. The van der Waals surface area contributed by atoms with Crippen molar-refractivity contribution in [1.29, 1.82) is 5.26 Å². The second kappa shape index (κ2) is 12.1. The lowest BCUT2D eigenvalue weighted by Crippen LogP contribution is -2.51. The summed E-state index contributed by atoms with van der Waals surface area (Å²) in [6.45, 7) is 1.19. The minimum Gasteiger partial charge on any atom is -0.474 e. The molecule has 4 aromatic rings. The van der Waals surface area contributed by atoms with Crippen molar-refractivity contribution in [3.63, 3.8) is 0 Å². The van der Waals surface area contributed by atoms with Crippen molar-refractivity contribution in [3.8, 4) is 29.1 Å². The number of carbonyl (C=O) groups excluding carboxylic acids is 1. The number of nitriles is 1. The molecule has 14 heteroatoms. The molecule has 51 heavy (non-hydrogen) atoms. The number of ether oxygens (including phenoxy) is 2. The Morgan fingerprint density at radius 1 is 1.20 bits per heavy atom. The molecule has 0 radical (unpaired) electrons. The third-order valence-corrected chi connectivity index (χ3v) is 12.7. The third-order valence-electron chi connectivity index (χ3n) is 11.4. The Kier molecular flexibility index (Phi) is 7.85. The number of nitrogens with one attached hydrogen (secondary N) is 1. The van der Waals surface area contributed by atoms with Crippen molar-refractivity contribution in [1.82, 2.24) is 25.1 Å². The van der Waals surface area contributed by atoms with Gasteiger partial charge in [-0.1, -0.05) is 17.7 Å². The summed E-state index contributed by atoms with van der Waals surface area (Å²) in [4.78, 5) is 27.0. The smallest absolute Gasteiger partial charge is 0.320 e. The molecular formula is C37H38ClF2N7O3S. The number of carbonyl (C=O) groups is 1. The van der Waals surface area contributed by atoms with Gasteiger partial charge >= 0.3 is 6.01 Å². The predicted molar refractivity (Wildman–Crippen MR) is 191 cm³/mol. The number of piperidine rings is 1. The zero-order valence-electron chi connectivity index (χ0n) is 28.3. The number of halogens is 3. The van der Waals surface area contributed by atoms with E-state index in [-0.39, 0.29) is 95.1 Å². The molecule has 2 aliphatic carbocycles.